The second-order valence-corrected chi connectivity index (χ2v) is 5.87. The van der Waals surface area contributed by atoms with Gasteiger partial charge in [0, 0.05) is 12.6 Å². The van der Waals surface area contributed by atoms with Crippen molar-refractivity contribution in [3.63, 3.8) is 0 Å². The van der Waals surface area contributed by atoms with E-state index in [4.69, 9.17) is 0 Å². The molecule has 1 aliphatic heterocycles. The molecule has 1 rings (SSSR count). The van der Waals surface area contributed by atoms with Crippen LogP contribution in [0.25, 0.3) is 0 Å². The molecule has 0 aromatic rings. The molecule has 0 bridgehead atoms. The highest BCUT2D eigenvalue weighted by Crippen LogP contribution is 2.24. The number of nitrogens with zero attached hydrogens (tertiary/aromatic N) is 1. The number of thioether (sulfide) groups is 1. The van der Waals surface area contributed by atoms with Crippen molar-refractivity contribution in [2.45, 2.75) is 46.1 Å². The molecule has 2 heteroatoms. The van der Waals surface area contributed by atoms with Gasteiger partial charge in [-0.1, -0.05) is 6.92 Å². The molecule has 1 heterocycles. The Balaban J connectivity index is 2.29. The number of hydrogen-bond donors (Lipinski definition) is 0. The van der Waals surface area contributed by atoms with Crippen molar-refractivity contribution in [3.8, 4) is 0 Å². The maximum absolute atomic E-state index is 2.65. The van der Waals surface area contributed by atoms with Crippen LogP contribution in [0.3, 0.4) is 0 Å². The average molecular weight is 215 g/mol. The summed E-state index contributed by atoms with van der Waals surface area (Å²) in [5.41, 5.74) is 0. The van der Waals surface area contributed by atoms with Crippen molar-refractivity contribution in [1.82, 2.24) is 4.90 Å². The first-order chi connectivity index (χ1) is 6.74. The van der Waals surface area contributed by atoms with Crippen molar-refractivity contribution in [2.75, 3.05) is 24.6 Å². The van der Waals surface area contributed by atoms with E-state index in [2.05, 4.69) is 37.4 Å². The molecule has 0 amide bonds. The Morgan fingerprint density at radius 2 is 1.93 bits per heavy atom. The molecule has 0 radical (unpaired) electrons. The van der Waals surface area contributed by atoms with Gasteiger partial charge >= 0.3 is 0 Å². The van der Waals surface area contributed by atoms with E-state index >= 15 is 0 Å². The first kappa shape index (κ1) is 12.4. The molecule has 0 N–H and O–H groups in total. The summed E-state index contributed by atoms with van der Waals surface area (Å²) in [6, 6.07) is 0.726. The number of hydrogen-bond acceptors (Lipinski definition) is 2. The van der Waals surface area contributed by atoms with Gasteiger partial charge in [-0.15, -0.1) is 0 Å². The second-order valence-electron chi connectivity index (χ2n) is 4.64. The van der Waals surface area contributed by atoms with E-state index in [9.17, 15) is 0 Å². The van der Waals surface area contributed by atoms with Crippen LogP contribution in [0.2, 0.25) is 0 Å². The van der Waals surface area contributed by atoms with Crippen LogP contribution in [0.4, 0.5) is 0 Å². The van der Waals surface area contributed by atoms with Gasteiger partial charge in [-0.3, -0.25) is 0 Å². The Morgan fingerprint density at radius 1 is 1.29 bits per heavy atom. The minimum Gasteiger partial charge on any atom is -0.301 e. The van der Waals surface area contributed by atoms with Crippen LogP contribution in [-0.2, 0) is 0 Å². The van der Waals surface area contributed by atoms with E-state index in [1.807, 2.05) is 0 Å². The van der Waals surface area contributed by atoms with Gasteiger partial charge in [0.15, 0.2) is 0 Å². The van der Waals surface area contributed by atoms with Gasteiger partial charge in [0.2, 0.25) is 0 Å². The smallest absolute Gasteiger partial charge is 0.00387 e. The third-order valence-corrected chi connectivity index (χ3v) is 4.12. The van der Waals surface area contributed by atoms with Gasteiger partial charge in [0.1, 0.15) is 0 Å². The SMILES string of the molecule is CCCN(CC1CCSCC1)C(C)C. The summed E-state index contributed by atoms with van der Waals surface area (Å²) in [5.74, 6) is 3.76. The van der Waals surface area contributed by atoms with Crippen LogP contribution in [0.1, 0.15) is 40.0 Å². The van der Waals surface area contributed by atoms with Crippen molar-refractivity contribution < 1.29 is 0 Å². The maximum Gasteiger partial charge on any atom is 0.00387 e. The lowest BCUT2D eigenvalue weighted by atomic mass is 10.0. The van der Waals surface area contributed by atoms with E-state index in [0.717, 1.165) is 12.0 Å². The quantitative estimate of drug-likeness (QED) is 0.692. The fourth-order valence-corrected chi connectivity index (χ4v) is 3.31. The van der Waals surface area contributed by atoms with Crippen LogP contribution >= 0.6 is 11.8 Å². The highest BCUT2D eigenvalue weighted by molar-refractivity contribution is 7.99. The Hall–Kier alpha value is 0.310. The molecule has 0 atom stereocenters. The molecule has 0 aliphatic carbocycles. The Morgan fingerprint density at radius 3 is 2.43 bits per heavy atom. The zero-order valence-electron chi connectivity index (χ0n) is 9.96. The lowest BCUT2D eigenvalue weighted by Gasteiger charge is -2.32. The lowest BCUT2D eigenvalue weighted by molar-refractivity contribution is 0.182. The van der Waals surface area contributed by atoms with E-state index in [1.54, 1.807) is 0 Å². The second kappa shape index (κ2) is 6.73. The monoisotopic (exact) mass is 215 g/mol. The molecule has 1 saturated heterocycles. The summed E-state index contributed by atoms with van der Waals surface area (Å²) < 4.78 is 0. The van der Waals surface area contributed by atoms with Gasteiger partial charge < -0.3 is 4.90 Å². The van der Waals surface area contributed by atoms with Crippen molar-refractivity contribution in [3.05, 3.63) is 0 Å². The van der Waals surface area contributed by atoms with Crippen LogP contribution < -0.4 is 0 Å². The van der Waals surface area contributed by atoms with Crippen molar-refractivity contribution in [2.24, 2.45) is 5.92 Å². The predicted octanol–water partition coefficient (Wildman–Crippen LogP) is 3.25. The summed E-state index contributed by atoms with van der Waals surface area (Å²) in [6.45, 7) is 9.56. The summed E-state index contributed by atoms with van der Waals surface area (Å²) in [6.07, 6.45) is 4.18. The van der Waals surface area contributed by atoms with E-state index < -0.39 is 0 Å². The Kier molecular flexibility index (Phi) is 5.95. The molecule has 14 heavy (non-hydrogen) atoms. The fourth-order valence-electron chi connectivity index (χ4n) is 2.11. The molecule has 0 unspecified atom stereocenters. The van der Waals surface area contributed by atoms with E-state index in [1.165, 1.54) is 43.9 Å². The van der Waals surface area contributed by atoms with Crippen LogP contribution in [0, 0.1) is 5.92 Å². The Labute approximate surface area is 93.6 Å². The summed E-state index contributed by atoms with van der Waals surface area (Å²) in [5, 5.41) is 0. The molecular formula is C12H25NS. The molecule has 84 valence electrons. The highest BCUT2D eigenvalue weighted by Gasteiger charge is 2.18. The maximum atomic E-state index is 2.65. The van der Waals surface area contributed by atoms with Crippen molar-refractivity contribution in [1.29, 1.82) is 0 Å². The zero-order chi connectivity index (χ0) is 10.4. The topological polar surface area (TPSA) is 3.24 Å². The lowest BCUT2D eigenvalue weighted by Crippen LogP contribution is -2.37. The van der Waals surface area contributed by atoms with Gasteiger partial charge in [0.05, 0.1) is 0 Å². The summed E-state index contributed by atoms with van der Waals surface area (Å²) >= 11 is 2.13. The molecule has 0 spiro atoms. The summed E-state index contributed by atoms with van der Waals surface area (Å²) in [4.78, 5) is 2.65. The molecule has 0 aromatic heterocycles. The zero-order valence-corrected chi connectivity index (χ0v) is 10.8. The normalized spacial score (nSPS) is 19.5. The molecule has 1 nitrogen and oxygen atoms in total. The van der Waals surface area contributed by atoms with Gasteiger partial charge in [0.25, 0.3) is 0 Å². The third-order valence-electron chi connectivity index (χ3n) is 3.07. The standard InChI is InChI=1S/C12H25NS/c1-4-7-13(11(2)3)10-12-5-8-14-9-6-12/h11-12H,4-10H2,1-3H3. The molecule has 0 aromatic carbocycles. The molecule has 1 fully saturated rings. The minimum atomic E-state index is 0.726. The predicted molar refractivity (Wildman–Crippen MR) is 67.0 cm³/mol. The minimum absolute atomic E-state index is 0.726. The van der Waals surface area contributed by atoms with Crippen LogP contribution in [0.5, 0.6) is 0 Å². The highest BCUT2D eigenvalue weighted by atomic mass is 32.2. The summed E-state index contributed by atoms with van der Waals surface area (Å²) in [7, 11) is 0. The van der Waals surface area contributed by atoms with Gasteiger partial charge in [-0.25, -0.2) is 0 Å². The number of rotatable bonds is 5. The molecular weight excluding hydrogens is 190 g/mol. The largest absolute Gasteiger partial charge is 0.301 e. The van der Waals surface area contributed by atoms with E-state index in [-0.39, 0.29) is 0 Å². The van der Waals surface area contributed by atoms with Gasteiger partial charge in [-0.2, -0.15) is 11.8 Å². The first-order valence-corrected chi connectivity index (χ1v) is 7.21. The van der Waals surface area contributed by atoms with Crippen molar-refractivity contribution >= 4 is 11.8 Å². The van der Waals surface area contributed by atoms with E-state index in [0.29, 0.717) is 0 Å². The van der Waals surface area contributed by atoms with Crippen LogP contribution in [0.15, 0.2) is 0 Å². The average Bonchev–Trinajstić information content (AvgIpc) is 2.18. The molecule has 1 aliphatic rings. The van der Waals surface area contributed by atoms with Gasteiger partial charge in [-0.05, 0) is 57.1 Å². The first-order valence-electron chi connectivity index (χ1n) is 6.05. The van der Waals surface area contributed by atoms with Crippen LogP contribution in [-0.4, -0.2) is 35.5 Å². The fraction of sp³-hybridized carbons (Fsp3) is 1.00. The third kappa shape index (κ3) is 4.22. The molecule has 0 saturated carbocycles. The Bertz CT molecular complexity index is 141.